The summed E-state index contributed by atoms with van der Waals surface area (Å²) >= 11 is 0. The molecule has 7 heteroatoms. The van der Waals surface area contributed by atoms with Crippen molar-refractivity contribution in [2.45, 2.75) is 6.54 Å². The minimum atomic E-state index is -0.646. The van der Waals surface area contributed by atoms with E-state index in [1.54, 1.807) is 18.2 Å². The summed E-state index contributed by atoms with van der Waals surface area (Å²) in [5.41, 5.74) is 6.78. The summed E-state index contributed by atoms with van der Waals surface area (Å²) in [6, 6.07) is 17.0. The molecule has 3 rings (SSSR count). The van der Waals surface area contributed by atoms with Crippen LogP contribution in [0.1, 0.15) is 10.4 Å². The molecule has 1 heterocycles. The van der Waals surface area contributed by atoms with Crippen LogP contribution in [0, 0.1) is 0 Å². The summed E-state index contributed by atoms with van der Waals surface area (Å²) in [6.45, 7) is -0.228. The van der Waals surface area contributed by atoms with Crippen LogP contribution in [0.5, 0.6) is 0 Å². The SMILES string of the molecule is NC(=O)c1ccccc1NC(=O)Cn1cnc(-c2ccccc2)cc1=O. The lowest BCUT2D eigenvalue weighted by atomic mass is 10.1. The Morgan fingerprint density at radius 3 is 2.42 bits per heavy atom. The van der Waals surface area contributed by atoms with Crippen LogP contribution in [-0.4, -0.2) is 21.4 Å². The molecule has 0 spiro atoms. The molecule has 2 aromatic carbocycles. The summed E-state index contributed by atoms with van der Waals surface area (Å²) in [6.07, 6.45) is 1.32. The largest absolute Gasteiger partial charge is 0.366 e. The molecular formula is C19H16N4O3. The quantitative estimate of drug-likeness (QED) is 0.731. The van der Waals surface area contributed by atoms with E-state index in [0.29, 0.717) is 11.4 Å². The van der Waals surface area contributed by atoms with Gasteiger partial charge in [-0.25, -0.2) is 4.98 Å². The summed E-state index contributed by atoms with van der Waals surface area (Å²) in [5.74, 6) is -1.11. The Morgan fingerprint density at radius 2 is 1.73 bits per heavy atom. The Balaban J connectivity index is 1.76. The molecule has 0 atom stereocenters. The lowest BCUT2D eigenvalue weighted by Crippen LogP contribution is -2.28. The highest BCUT2D eigenvalue weighted by atomic mass is 16.2. The number of nitrogens with two attached hydrogens (primary N) is 1. The molecule has 0 saturated carbocycles. The van der Waals surface area contributed by atoms with Crippen LogP contribution < -0.4 is 16.6 Å². The van der Waals surface area contributed by atoms with Gasteiger partial charge >= 0.3 is 0 Å². The second-order valence-electron chi connectivity index (χ2n) is 5.56. The van der Waals surface area contributed by atoms with Crippen LogP contribution >= 0.6 is 0 Å². The van der Waals surface area contributed by atoms with Gasteiger partial charge in [-0.15, -0.1) is 0 Å². The highest BCUT2D eigenvalue weighted by Crippen LogP contribution is 2.15. The molecule has 26 heavy (non-hydrogen) atoms. The van der Waals surface area contributed by atoms with Crippen molar-refractivity contribution in [2.75, 3.05) is 5.32 Å². The third kappa shape index (κ3) is 3.84. The molecule has 0 unspecified atom stereocenters. The average Bonchev–Trinajstić information content (AvgIpc) is 2.64. The van der Waals surface area contributed by atoms with Crippen LogP contribution in [0.4, 0.5) is 5.69 Å². The molecule has 130 valence electrons. The molecule has 7 nitrogen and oxygen atoms in total. The molecule has 3 aromatic rings. The Morgan fingerprint density at radius 1 is 1.04 bits per heavy atom. The predicted octanol–water partition coefficient (Wildman–Crippen LogP) is 1.65. The highest BCUT2D eigenvalue weighted by molar-refractivity contribution is 6.02. The van der Waals surface area contributed by atoms with Gasteiger partial charge in [-0.3, -0.25) is 19.0 Å². The fourth-order valence-corrected chi connectivity index (χ4v) is 2.46. The third-order valence-electron chi connectivity index (χ3n) is 3.73. The van der Waals surface area contributed by atoms with Gasteiger partial charge in [0, 0.05) is 11.6 Å². The minimum Gasteiger partial charge on any atom is -0.366 e. The number of nitrogens with one attached hydrogen (secondary N) is 1. The zero-order chi connectivity index (χ0) is 18.5. The average molecular weight is 348 g/mol. The van der Waals surface area contributed by atoms with Gasteiger partial charge in [0.2, 0.25) is 5.91 Å². The number of carbonyl (C=O) groups excluding carboxylic acids is 2. The lowest BCUT2D eigenvalue weighted by molar-refractivity contribution is -0.116. The van der Waals surface area contributed by atoms with Crippen LogP contribution in [0.25, 0.3) is 11.3 Å². The zero-order valence-corrected chi connectivity index (χ0v) is 13.8. The molecule has 0 saturated heterocycles. The highest BCUT2D eigenvalue weighted by Gasteiger charge is 2.11. The van der Waals surface area contributed by atoms with Gasteiger partial charge < -0.3 is 11.1 Å². The van der Waals surface area contributed by atoms with Gasteiger partial charge in [-0.05, 0) is 12.1 Å². The van der Waals surface area contributed by atoms with Gasteiger partial charge in [-0.2, -0.15) is 0 Å². The van der Waals surface area contributed by atoms with E-state index < -0.39 is 11.8 Å². The van der Waals surface area contributed by atoms with Crippen LogP contribution in [0.3, 0.4) is 0 Å². The number of anilines is 1. The van der Waals surface area contributed by atoms with E-state index in [1.807, 2.05) is 30.3 Å². The van der Waals surface area contributed by atoms with Gasteiger partial charge in [0.1, 0.15) is 6.54 Å². The first-order valence-electron chi connectivity index (χ1n) is 7.85. The maximum Gasteiger partial charge on any atom is 0.254 e. The Labute approximate surface area is 149 Å². The topological polar surface area (TPSA) is 107 Å². The van der Waals surface area contributed by atoms with Crippen molar-refractivity contribution in [1.82, 2.24) is 9.55 Å². The second-order valence-corrected chi connectivity index (χ2v) is 5.56. The van der Waals surface area contributed by atoms with Crippen LogP contribution in [0.15, 0.2) is 71.8 Å². The third-order valence-corrected chi connectivity index (χ3v) is 3.73. The molecule has 0 aliphatic heterocycles. The number of hydrogen-bond acceptors (Lipinski definition) is 4. The van der Waals surface area contributed by atoms with Crippen LogP contribution in [-0.2, 0) is 11.3 Å². The van der Waals surface area contributed by atoms with E-state index in [0.717, 1.165) is 5.56 Å². The lowest BCUT2D eigenvalue weighted by Gasteiger charge is -2.10. The fraction of sp³-hybridized carbons (Fsp3) is 0.0526. The normalized spacial score (nSPS) is 10.3. The van der Waals surface area contributed by atoms with Gasteiger partial charge in [0.05, 0.1) is 23.3 Å². The number of rotatable bonds is 5. The van der Waals surface area contributed by atoms with Crippen molar-refractivity contribution < 1.29 is 9.59 Å². The van der Waals surface area contributed by atoms with Crippen molar-refractivity contribution in [3.8, 4) is 11.3 Å². The number of benzene rings is 2. The summed E-state index contributed by atoms with van der Waals surface area (Å²) in [7, 11) is 0. The molecule has 0 aliphatic carbocycles. The summed E-state index contributed by atoms with van der Waals surface area (Å²) in [5, 5.41) is 2.59. The molecular weight excluding hydrogens is 332 g/mol. The summed E-state index contributed by atoms with van der Waals surface area (Å²) in [4.78, 5) is 40.1. The Hall–Kier alpha value is -3.74. The van der Waals surface area contributed by atoms with Crippen LogP contribution in [0.2, 0.25) is 0 Å². The van der Waals surface area contributed by atoms with Gasteiger partial charge in [0.15, 0.2) is 0 Å². The number of amides is 2. The molecule has 0 radical (unpaired) electrons. The standard InChI is InChI=1S/C19H16N4O3/c20-19(26)14-8-4-5-9-15(14)22-17(24)11-23-12-21-16(10-18(23)25)13-6-2-1-3-7-13/h1-10,12H,11H2,(H2,20,26)(H,22,24). The fourth-order valence-electron chi connectivity index (χ4n) is 2.46. The van der Waals surface area contributed by atoms with Crippen molar-refractivity contribution in [3.05, 3.63) is 82.9 Å². The van der Waals surface area contributed by atoms with E-state index in [4.69, 9.17) is 5.73 Å². The Bertz CT molecular complexity index is 1010. The number of carbonyl (C=O) groups is 2. The molecule has 0 aliphatic rings. The number of primary amides is 1. The maximum absolute atomic E-state index is 12.2. The first-order chi connectivity index (χ1) is 12.5. The summed E-state index contributed by atoms with van der Waals surface area (Å²) < 4.78 is 1.19. The number of aromatic nitrogens is 2. The van der Waals surface area contributed by atoms with E-state index in [1.165, 1.54) is 23.0 Å². The van der Waals surface area contributed by atoms with E-state index in [2.05, 4.69) is 10.3 Å². The monoisotopic (exact) mass is 348 g/mol. The van der Waals surface area contributed by atoms with E-state index >= 15 is 0 Å². The first kappa shape index (κ1) is 17.1. The maximum atomic E-state index is 12.2. The zero-order valence-electron chi connectivity index (χ0n) is 13.8. The Kier molecular flexibility index (Phi) is 4.89. The molecule has 0 fully saturated rings. The number of para-hydroxylation sites is 1. The number of nitrogens with zero attached hydrogens (tertiary/aromatic N) is 2. The van der Waals surface area contributed by atoms with Crippen molar-refractivity contribution in [3.63, 3.8) is 0 Å². The number of hydrogen-bond donors (Lipinski definition) is 2. The first-order valence-corrected chi connectivity index (χ1v) is 7.85. The van der Waals surface area contributed by atoms with E-state index in [9.17, 15) is 14.4 Å². The van der Waals surface area contributed by atoms with Crippen molar-refractivity contribution in [1.29, 1.82) is 0 Å². The minimum absolute atomic E-state index is 0.200. The van der Waals surface area contributed by atoms with E-state index in [-0.39, 0.29) is 17.7 Å². The molecule has 2 amide bonds. The van der Waals surface area contributed by atoms with Gasteiger partial charge in [-0.1, -0.05) is 42.5 Å². The molecule has 3 N–H and O–H groups in total. The predicted molar refractivity (Wildman–Crippen MR) is 97.5 cm³/mol. The molecule has 0 bridgehead atoms. The second kappa shape index (κ2) is 7.43. The molecule has 1 aromatic heterocycles. The van der Waals surface area contributed by atoms with Crippen molar-refractivity contribution in [2.24, 2.45) is 5.73 Å². The van der Waals surface area contributed by atoms with Crippen molar-refractivity contribution >= 4 is 17.5 Å². The smallest absolute Gasteiger partial charge is 0.254 e. The van der Waals surface area contributed by atoms with Gasteiger partial charge in [0.25, 0.3) is 11.5 Å².